The first kappa shape index (κ1) is 22.8. The van der Waals surface area contributed by atoms with Gasteiger partial charge in [-0.15, -0.1) is 0 Å². The number of hydrogen-bond donors (Lipinski definition) is 2. The van der Waals surface area contributed by atoms with Crippen LogP contribution in [0, 0.1) is 11.7 Å². The van der Waals surface area contributed by atoms with Crippen molar-refractivity contribution in [1.82, 2.24) is 15.1 Å². The Labute approximate surface area is 170 Å². The minimum absolute atomic E-state index is 0.0120. The Morgan fingerprint density at radius 1 is 1.14 bits per heavy atom. The van der Waals surface area contributed by atoms with Crippen molar-refractivity contribution in [2.24, 2.45) is 5.92 Å². The Morgan fingerprint density at radius 3 is 2.31 bits per heavy atom. The van der Waals surface area contributed by atoms with Crippen LogP contribution in [0.25, 0.3) is 0 Å². The summed E-state index contributed by atoms with van der Waals surface area (Å²) in [6.45, 7) is 5.80. The number of benzene rings is 1. The molecule has 0 aromatic heterocycles. The molecule has 3 rings (SSSR count). The molecule has 2 N–H and O–H groups in total. The molecule has 0 unspecified atom stereocenters. The molecule has 1 aromatic carbocycles. The molecular formula is C21H30FN3O4. The first-order valence-electron chi connectivity index (χ1n) is 10.1. The van der Waals surface area contributed by atoms with E-state index >= 15 is 0 Å². The average Bonchev–Trinajstić information content (AvgIpc) is 2.71. The van der Waals surface area contributed by atoms with Crippen molar-refractivity contribution in [3.63, 3.8) is 0 Å². The lowest BCUT2D eigenvalue weighted by molar-refractivity contribution is -0.133. The van der Waals surface area contributed by atoms with Gasteiger partial charge in [-0.05, 0) is 56.8 Å². The van der Waals surface area contributed by atoms with Gasteiger partial charge in [0.2, 0.25) is 5.91 Å². The predicted octanol–water partition coefficient (Wildman–Crippen LogP) is 1.98. The van der Waals surface area contributed by atoms with Gasteiger partial charge in [-0.2, -0.15) is 0 Å². The lowest BCUT2D eigenvalue weighted by atomic mass is 9.99. The first-order valence-corrected chi connectivity index (χ1v) is 10.1. The number of amides is 2. The summed E-state index contributed by atoms with van der Waals surface area (Å²) >= 11 is 0. The number of carbonyl (C=O) groups is 3. The second-order valence-electron chi connectivity index (χ2n) is 7.67. The van der Waals surface area contributed by atoms with Crippen LogP contribution in [0.3, 0.4) is 0 Å². The van der Waals surface area contributed by atoms with E-state index < -0.39 is 5.82 Å². The van der Waals surface area contributed by atoms with Crippen LogP contribution in [-0.4, -0.2) is 72.0 Å². The quantitative estimate of drug-likeness (QED) is 0.745. The molecule has 0 atom stereocenters. The first-order chi connectivity index (χ1) is 13.9. The number of carboxylic acid groups (broad SMARTS) is 1. The minimum atomic E-state index is -0.506. The summed E-state index contributed by atoms with van der Waals surface area (Å²) in [5.41, 5.74) is 0.0744. The van der Waals surface area contributed by atoms with E-state index in [1.165, 1.54) is 12.1 Å². The summed E-state index contributed by atoms with van der Waals surface area (Å²) in [7, 11) is 0. The van der Waals surface area contributed by atoms with Gasteiger partial charge < -0.3 is 15.3 Å². The highest BCUT2D eigenvalue weighted by atomic mass is 19.1. The fourth-order valence-corrected chi connectivity index (χ4v) is 3.69. The Hall–Kier alpha value is -2.48. The number of nitrogens with zero attached hydrogens (tertiary/aromatic N) is 2. The van der Waals surface area contributed by atoms with E-state index in [1.807, 2.05) is 4.90 Å². The molecular weight excluding hydrogens is 377 g/mol. The van der Waals surface area contributed by atoms with E-state index in [4.69, 9.17) is 9.90 Å². The van der Waals surface area contributed by atoms with Crippen LogP contribution in [0.4, 0.5) is 4.39 Å². The maximum atomic E-state index is 13.7. The van der Waals surface area contributed by atoms with Gasteiger partial charge in [0.15, 0.2) is 0 Å². The number of carbonyl (C=O) groups excluding carboxylic acids is 2. The molecule has 2 aliphatic rings. The van der Waals surface area contributed by atoms with Crippen molar-refractivity contribution in [2.45, 2.75) is 38.6 Å². The molecule has 2 saturated heterocycles. The summed E-state index contributed by atoms with van der Waals surface area (Å²) in [4.78, 5) is 37.2. The summed E-state index contributed by atoms with van der Waals surface area (Å²) in [6.07, 6.45) is 3.75. The van der Waals surface area contributed by atoms with E-state index in [1.54, 1.807) is 12.1 Å². The van der Waals surface area contributed by atoms with Gasteiger partial charge in [0.05, 0.1) is 12.1 Å². The monoisotopic (exact) mass is 407 g/mol. The topological polar surface area (TPSA) is 90.0 Å². The Kier molecular flexibility index (Phi) is 9.05. The number of piperidine rings is 2. The van der Waals surface area contributed by atoms with Gasteiger partial charge >= 0.3 is 0 Å². The van der Waals surface area contributed by atoms with Crippen LogP contribution < -0.4 is 5.32 Å². The van der Waals surface area contributed by atoms with E-state index in [0.717, 1.165) is 31.8 Å². The normalized spacial score (nSPS) is 18.5. The van der Waals surface area contributed by atoms with Crippen molar-refractivity contribution in [2.75, 3.05) is 32.7 Å². The molecule has 0 bridgehead atoms. The zero-order chi connectivity index (χ0) is 21.2. The minimum Gasteiger partial charge on any atom is -0.483 e. The fourth-order valence-electron chi connectivity index (χ4n) is 3.69. The zero-order valence-corrected chi connectivity index (χ0v) is 16.8. The maximum absolute atomic E-state index is 13.7. The third-order valence-electron chi connectivity index (χ3n) is 5.54. The van der Waals surface area contributed by atoms with E-state index in [-0.39, 0.29) is 29.9 Å². The molecule has 2 fully saturated rings. The maximum Gasteiger partial charge on any atom is 0.290 e. The van der Waals surface area contributed by atoms with Gasteiger partial charge in [0.25, 0.3) is 12.4 Å². The van der Waals surface area contributed by atoms with E-state index in [9.17, 15) is 14.0 Å². The summed E-state index contributed by atoms with van der Waals surface area (Å²) in [5.74, 6) is 0.0531. The number of rotatable bonds is 4. The predicted molar refractivity (Wildman–Crippen MR) is 107 cm³/mol. The van der Waals surface area contributed by atoms with Crippen LogP contribution in [0.5, 0.6) is 0 Å². The van der Waals surface area contributed by atoms with Gasteiger partial charge in [-0.1, -0.05) is 19.1 Å². The highest BCUT2D eigenvalue weighted by Crippen LogP contribution is 2.17. The summed E-state index contributed by atoms with van der Waals surface area (Å²) < 4.78 is 13.7. The Bertz CT molecular complexity index is 684. The van der Waals surface area contributed by atoms with Crippen LogP contribution in [0.15, 0.2) is 24.3 Å². The average molecular weight is 407 g/mol. The van der Waals surface area contributed by atoms with Gasteiger partial charge in [0.1, 0.15) is 5.82 Å². The van der Waals surface area contributed by atoms with Gasteiger partial charge in [0, 0.05) is 19.1 Å². The number of likely N-dealkylation sites (tertiary alicyclic amines) is 2. The molecule has 0 radical (unpaired) electrons. The van der Waals surface area contributed by atoms with Crippen molar-refractivity contribution in [3.8, 4) is 0 Å². The Morgan fingerprint density at radius 2 is 1.72 bits per heavy atom. The SMILES string of the molecule is CC1CCN(CC(=O)N2CCC(NC(=O)c3ccccc3F)CC2)CC1.O=CO. The van der Waals surface area contributed by atoms with Crippen molar-refractivity contribution in [3.05, 3.63) is 35.6 Å². The Balaban J connectivity index is 0.000000941. The van der Waals surface area contributed by atoms with Gasteiger partial charge in [-0.25, -0.2) is 4.39 Å². The molecule has 1 aromatic rings. The smallest absolute Gasteiger partial charge is 0.290 e. The molecule has 2 aliphatic heterocycles. The number of hydrogen-bond acceptors (Lipinski definition) is 4. The molecule has 7 nitrogen and oxygen atoms in total. The molecule has 0 spiro atoms. The fraction of sp³-hybridized carbons (Fsp3) is 0.571. The molecule has 2 amide bonds. The van der Waals surface area contributed by atoms with Crippen molar-refractivity contribution in [1.29, 1.82) is 0 Å². The third-order valence-corrected chi connectivity index (χ3v) is 5.54. The van der Waals surface area contributed by atoms with E-state index in [2.05, 4.69) is 17.1 Å². The van der Waals surface area contributed by atoms with Crippen LogP contribution in [0.1, 0.15) is 43.0 Å². The van der Waals surface area contributed by atoms with Crippen molar-refractivity contribution >= 4 is 18.3 Å². The highest BCUT2D eigenvalue weighted by Gasteiger charge is 2.26. The highest BCUT2D eigenvalue weighted by molar-refractivity contribution is 5.94. The lowest BCUT2D eigenvalue weighted by Gasteiger charge is -2.35. The molecule has 160 valence electrons. The summed E-state index contributed by atoms with van der Waals surface area (Å²) in [6, 6.07) is 5.99. The molecule has 0 aliphatic carbocycles. The molecule has 8 heteroatoms. The standard InChI is InChI=1S/C20H28FN3O2.CH2O2/c1-15-6-10-23(11-7-15)14-19(25)24-12-8-16(9-13-24)22-20(26)17-4-2-3-5-18(17)21;2-1-3/h2-5,15-16H,6-14H2,1H3,(H,22,26);1H,(H,2,3). The number of nitrogens with one attached hydrogen (secondary N) is 1. The van der Waals surface area contributed by atoms with Crippen LogP contribution in [0.2, 0.25) is 0 Å². The molecule has 2 heterocycles. The van der Waals surface area contributed by atoms with Gasteiger partial charge in [-0.3, -0.25) is 19.3 Å². The second-order valence-corrected chi connectivity index (χ2v) is 7.67. The lowest BCUT2D eigenvalue weighted by Crippen LogP contribution is -2.49. The summed E-state index contributed by atoms with van der Waals surface area (Å²) in [5, 5.41) is 9.78. The zero-order valence-electron chi connectivity index (χ0n) is 16.8. The molecule has 29 heavy (non-hydrogen) atoms. The van der Waals surface area contributed by atoms with Crippen LogP contribution >= 0.6 is 0 Å². The number of halogens is 1. The van der Waals surface area contributed by atoms with Crippen LogP contribution in [-0.2, 0) is 9.59 Å². The third kappa shape index (κ3) is 7.12. The largest absolute Gasteiger partial charge is 0.483 e. The van der Waals surface area contributed by atoms with Crippen molar-refractivity contribution < 1.29 is 23.9 Å². The van der Waals surface area contributed by atoms with E-state index in [0.29, 0.717) is 32.5 Å². The second kappa shape index (κ2) is 11.5. The molecule has 0 saturated carbocycles.